The van der Waals surface area contributed by atoms with Crippen LogP contribution in [-0.4, -0.2) is 49.0 Å². The summed E-state index contributed by atoms with van der Waals surface area (Å²) in [6.45, 7) is 4.65. The van der Waals surface area contributed by atoms with E-state index in [2.05, 4.69) is 15.4 Å². The normalized spacial score (nSPS) is 18.0. The van der Waals surface area contributed by atoms with Crippen molar-refractivity contribution in [2.75, 3.05) is 6.54 Å². The van der Waals surface area contributed by atoms with Crippen molar-refractivity contribution in [2.45, 2.75) is 44.9 Å². The van der Waals surface area contributed by atoms with E-state index in [-0.39, 0.29) is 12.1 Å². The minimum absolute atomic E-state index is 0.125. The van der Waals surface area contributed by atoms with Crippen molar-refractivity contribution in [3.05, 3.63) is 42.5 Å². The molecule has 0 spiro atoms. The Morgan fingerprint density at radius 3 is 2.75 bits per heavy atom. The van der Waals surface area contributed by atoms with Crippen molar-refractivity contribution in [2.24, 2.45) is 0 Å². The highest BCUT2D eigenvalue weighted by Crippen LogP contribution is 2.26. The first-order chi connectivity index (χ1) is 11.4. The Hall–Kier alpha value is -2.41. The monoisotopic (exact) mass is 329 g/mol. The lowest BCUT2D eigenvalue weighted by atomic mass is 9.97. The lowest BCUT2D eigenvalue weighted by Gasteiger charge is -2.33. The van der Waals surface area contributed by atoms with E-state index in [9.17, 15) is 9.90 Å². The molecular weight excluding hydrogens is 306 g/mol. The zero-order valence-electron chi connectivity index (χ0n) is 14.0. The van der Waals surface area contributed by atoms with Gasteiger partial charge < -0.3 is 15.3 Å². The highest BCUT2D eigenvalue weighted by molar-refractivity contribution is 5.75. The van der Waals surface area contributed by atoms with Crippen molar-refractivity contribution in [1.29, 1.82) is 0 Å². The molecular formula is C17H23N5O2. The molecule has 7 heteroatoms. The summed E-state index contributed by atoms with van der Waals surface area (Å²) in [5.74, 6) is 0. The van der Waals surface area contributed by atoms with E-state index < -0.39 is 5.60 Å². The Bertz CT molecular complexity index is 676. The Kier molecular flexibility index (Phi) is 4.53. The number of urea groups is 1. The van der Waals surface area contributed by atoms with Gasteiger partial charge in [-0.25, -0.2) is 14.5 Å². The van der Waals surface area contributed by atoms with Gasteiger partial charge in [-0.2, -0.15) is 5.10 Å². The van der Waals surface area contributed by atoms with Crippen LogP contribution in [0.5, 0.6) is 0 Å². The summed E-state index contributed by atoms with van der Waals surface area (Å²) in [6, 6.07) is 7.52. The number of rotatable bonds is 4. The van der Waals surface area contributed by atoms with Crippen LogP contribution in [-0.2, 0) is 6.54 Å². The minimum Gasteiger partial charge on any atom is -0.388 e. The number of aromatic nitrogens is 3. The summed E-state index contributed by atoms with van der Waals surface area (Å²) >= 11 is 0. The predicted octanol–water partition coefficient (Wildman–Crippen LogP) is 1.71. The second-order valence-corrected chi connectivity index (χ2v) is 6.67. The third-order valence-corrected chi connectivity index (χ3v) is 4.39. The number of hydrogen-bond acceptors (Lipinski definition) is 4. The zero-order chi connectivity index (χ0) is 17.2. The quantitative estimate of drug-likeness (QED) is 0.894. The number of benzene rings is 1. The highest BCUT2D eigenvalue weighted by atomic mass is 16.3. The molecule has 0 bridgehead atoms. The molecule has 1 fully saturated rings. The van der Waals surface area contributed by atoms with E-state index in [1.54, 1.807) is 29.8 Å². The molecule has 2 amide bonds. The molecule has 1 saturated heterocycles. The molecule has 0 radical (unpaired) electrons. The topological polar surface area (TPSA) is 83.3 Å². The van der Waals surface area contributed by atoms with Crippen LogP contribution in [0, 0.1) is 0 Å². The lowest BCUT2D eigenvalue weighted by Crippen LogP contribution is -2.51. The molecule has 1 aromatic carbocycles. The SMILES string of the molecule is CC(C)(O)[C@@H]1CCCN1C(=O)NCc1ccc(-n2cncn2)cc1. The summed E-state index contributed by atoms with van der Waals surface area (Å²) in [5, 5.41) is 17.2. The van der Waals surface area contributed by atoms with E-state index in [0.29, 0.717) is 13.1 Å². The van der Waals surface area contributed by atoms with Crippen LogP contribution in [0.4, 0.5) is 4.79 Å². The number of carbonyl (C=O) groups excluding carboxylic acids is 1. The second-order valence-electron chi connectivity index (χ2n) is 6.67. The maximum Gasteiger partial charge on any atom is 0.318 e. The molecule has 0 saturated carbocycles. The van der Waals surface area contributed by atoms with Crippen LogP contribution < -0.4 is 5.32 Å². The lowest BCUT2D eigenvalue weighted by molar-refractivity contribution is 0.00979. The average Bonchev–Trinajstić information content (AvgIpc) is 3.23. The second kappa shape index (κ2) is 6.60. The van der Waals surface area contributed by atoms with Gasteiger partial charge >= 0.3 is 6.03 Å². The summed E-state index contributed by atoms with van der Waals surface area (Å²) in [7, 11) is 0. The van der Waals surface area contributed by atoms with Crippen LogP contribution in [0.25, 0.3) is 5.69 Å². The van der Waals surface area contributed by atoms with E-state index in [1.807, 2.05) is 24.3 Å². The van der Waals surface area contributed by atoms with E-state index in [4.69, 9.17) is 0 Å². The maximum atomic E-state index is 12.4. The number of carbonyl (C=O) groups is 1. The number of amides is 2. The Morgan fingerprint density at radius 2 is 2.12 bits per heavy atom. The number of nitrogens with zero attached hydrogens (tertiary/aromatic N) is 4. The van der Waals surface area contributed by atoms with Gasteiger partial charge in [0, 0.05) is 13.1 Å². The molecule has 7 nitrogen and oxygen atoms in total. The fourth-order valence-electron chi connectivity index (χ4n) is 3.13. The maximum absolute atomic E-state index is 12.4. The minimum atomic E-state index is -0.882. The third kappa shape index (κ3) is 3.56. The molecule has 2 N–H and O–H groups in total. The highest BCUT2D eigenvalue weighted by Gasteiger charge is 2.38. The first-order valence-electron chi connectivity index (χ1n) is 8.16. The molecule has 3 rings (SSSR count). The first kappa shape index (κ1) is 16.4. The fraction of sp³-hybridized carbons (Fsp3) is 0.471. The standard InChI is InChI=1S/C17H23N5O2/c1-17(2,24)15-4-3-9-21(15)16(23)19-10-13-5-7-14(8-6-13)22-12-18-11-20-22/h5-8,11-12,15,24H,3-4,9-10H2,1-2H3,(H,19,23)/t15-/m0/s1. The summed E-state index contributed by atoms with van der Waals surface area (Å²) < 4.78 is 1.68. The zero-order valence-corrected chi connectivity index (χ0v) is 14.0. The van der Waals surface area contributed by atoms with Gasteiger partial charge in [-0.1, -0.05) is 12.1 Å². The van der Waals surface area contributed by atoms with Crippen molar-refractivity contribution in [1.82, 2.24) is 25.0 Å². The van der Waals surface area contributed by atoms with Gasteiger partial charge in [-0.3, -0.25) is 0 Å². The number of likely N-dealkylation sites (tertiary alicyclic amines) is 1. The molecule has 24 heavy (non-hydrogen) atoms. The molecule has 128 valence electrons. The van der Waals surface area contributed by atoms with Gasteiger partial charge in [0.1, 0.15) is 12.7 Å². The van der Waals surface area contributed by atoms with Crippen molar-refractivity contribution < 1.29 is 9.90 Å². The van der Waals surface area contributed by atoms with E-state index in [1.165, 1.54) is 6.33 Å². The van der Waals surface area contributed by atoms with Gasteiger partial charge in [0.05, 0.1) is 17.3 Å². The Morgan fingerprint density at radius 1 is 1.38 bits per heavy atom. The molecule has 1 atom stereocenters. The van der Waals surface area contributed by atoms with Gasteiger partial charge in [0.25, 0.3) is 0 Å². The number of aliphatic hydroxyl groups is 1. The van der Waals surface area contributed by atoms with E-state index >= 15 is 0 Å². The van der Waals surface area contributed by atoms with Crippen LogP contribution in [0.2, 0.25) is 0 Å². The number of hydrogen-bond donors (Lipinski definition) is 2. The van der Waals surface area contributed by atoms with Crippen molar-refractivity contribution in [3.63, 3.8) is 0 Å². The molecule has 1 aromatic heterocycles. The summed E-state index contributed by atoms with van der Waals surface area (Å²) in [4.78, 5) is 18.1. The first-order valence-corrected chi connectivity index (χ1v) is 8.16. The van der Waals surface area contributed by atoms with Gasteiger partial charge in [0.2, 0.25) is 0 Å². The van der Waals surface area contributed by atoms with Crippen LogP contribution in [0.15, 0.2) is 36.9 Å². The van der Waals surface area contributed by atoms with Crippen LogP contribution in [0.3, 0.4) is 0 Å². The molecule has 1 aliphatic rings. The van der Waals surface area contributed by atoms with Gasteiger partial charge in [0.15, 0.2) is 0 Å². The molecule has 2 heterocycles. The summed E-state index contributed by atoms with van der Waals surface area (Å²) in [6.07, 6.45) is 4.89. The molecule has 2 aromatic rings. The largest absolute Gasteiger partial charge is 0.388 e. The van der Waals surface area contributed by atoms with Crippen molar-refractivity contribution in [3.8, 4) is 5.69 Å². The number of nitrogens with one attached hydrogen (secondary N) is 1. The Balaban J connectivity index is 1.58. The van der Waals surface area contributed by atoms with Gasteiger partial charge in [-0.05, 0) is 44.4 Å². The average molecular weight is 329 g/mol. The van der Waals surface area contributed by atoms with Gasteiger partial charge in [-0.15, -0.1) is 0 Å². The molecule has 1 aliphatic heterocycles. The third-order valence-electron chi connectivity index (χ3n) is 4.39. The summed E-state index contributed by atoms with van der Waals surface area (Å²) in [5.41, 5.74) is 1.04. The smallest absolute Gasteiger partial charge is 0.318 e. The van der Waals surface area contributed by atoms with Crippen LogP contribution >= 0.6 is 0 Å². The van der Waals surface area contributed by atoms with Crippen LogP contribution in [0.1, 0.15) is 32.3 Å². The van der Waals surface area contributed by atoms with E-state index in [0.717, 1.165) is 24.1 Å². The van der Waals surface area contributed by atoms with Crippen molar-refractivity contribution >= 4 is 6.03 Å². The molecule has 0 unspecified atom stereocenters. The fourth-order valence-corrected chi connectivity index (χ4v) is 3.13. The predicted molar refractivity (Wildman–Crippen MR) is 89.6 cm³/mol. The molecule has 0 aliphatic carbocycles. The Labute approximate surface area is 141 Å².